The summed E-state index contributed by atoms with van der Waals surface area (Å²) in [6, 6.07) is 8.17. The lowest BCUT2D eigenvalue weighted by Crippen LogP contribution is -2.47. The molecule has 1 fully saturated rings. The zero-order valence-corrected chi connectivity index (χ0v) is 16.7. The van der Waals surface area contributed by atoms with Gasteiger partial charge in [0.15, 0.2) is 0 Å². The van der Waals surface area contributed by atoms with Crippen LogP contribution in [0.3, 0.4) is 0 Å². The van der Waals surface area contributed by atoms with Crippen molar-refractivity contribution in [2.24, 2.45) is 5.14 Å². The van der Waals surface area contributed by atoms with E-state index < -0.39 is 10.0 Å². The van der Waals surface area contributed by atoms with Gasteiger partial charge in [0.2, 0.25) is 10.0 Å². The first-order valence-corrected chi connectivity index (χ1v) is 11.1. The molecular formula is C18H23N3O4S2. The highest BCUT2D eigenvalue weighted by atomic mass is 32.2. The number of sulfonamides is 1. The van der Waals surface area contributed by atoms with Crippen molar-refractivity contribution in [3.8, 4) is 5.75 Å². The van der Waals surface area contributed by atoms with Crippen LogP contribution in [0.25, 0.3) is 0 Å². The molecule has 0 radical (unpaired) electrons. The van der Waals surface area contributed by atoms with E-state index in [1.54, 1.807) is 11.3 Å². The number of nitrogens with two attached hydrogens (primary N) is 1. The van der Waals surface area contributed by atoms with E-state index in [0.717, 1.165) is 32.5 Å². The minimum absolute atomic E-state index is 0.00550. The van der Waals surface area contributed by atoms with Gasteiger partial charge in [-0.15, -0.1) is 11.3 Å². The first-order chi connectivity index (χ1) is 12.9. The number of likely N-dealkylation sites (tertiary alicyclic amines) is 1. The Morgan fingerprint density at radius 2 is 2.22 bits per heavy atom. The van der Waals surface area contributed by atoms with Crippen LogP contribution in [0.15, 0.2) is 40.6 Å². The van der Waals surface area contributed by atoms with Gasteiger partial charge in [-0.1, -0.05) is 6.07 Å². The SMILES string of the molecule is COc1ccc(S(N)(=O)=O)cc1C(=O)NC1CCCN(Cc2cccs2)C1. The van der Waals surface area contributed by atoms with Crippen molar-refractivity contribution in [1.82, 2.24) is 10.2 Å². The number of primary sulfonamides is 1. The topological polar surface area (TPSA) is 102 Å². The highest BCUT2D eigenvalue weighted by Crippen LogP contribution is 2.23. The standard InChI is InChI=1S/C18H23N3O4S2/c1-25-17-7-6-15(27(19,23)24)10-16(17)18(22)20-13-4-2-8-21(11-13)12-14-5-3-9-26-14/h3,5-7,9-10,13H,2,4,8,11-12H2,1H3,(H,20,22)(H2,19,23,24). The number of rotatable bonds is 6. The van der Waals surface area contributed by atoms with Gasteiger partial charge in [-0.05, 0) is 49.0 Å². The molecule has 1 unspecified atom stereocenters. The van der Waals surface area contributed by atoms with Crippen molar-refractivity contribution >= 4 is 27.3 Å². The number of nitrogens with one attached hydrogen (secondary N) is 1. The van der Waals surface area contributed by atoms with E-state index in [0.29, 0.717) is 5.75 Å². The minimum Gasteiger partial charge on any atom is -0.496 e. The minimum atomic E-state index is -3.90. The third-order valence-electron chi connectivity index (χ3n) is 4.54. The van der Waals surface area contributed by atoms with Crippen LogP contribution in [-0.2, 0) is 16.6 Å². The lowest BCUT2D eigenvalue weighted by molar-refractivity contribution is 0.0898. The molecule has 9 heteroatoms. The monoisotopic (exact) mass is 409 g/mol. The number of piperidine rings is 1. The van der Waals surface area contributed by atoms with Gasteiger partial charge in [0.1, 0.15) is 5.75 Å². The Balaban J connectivity index is 1.70. The van der Waals surface area contributed by atoms with Crippen LogP contribution < -0.4 is 15.2 Å². The summed E-state index contributed by atoms with van der Waals surface area (Å²) >= 11 is 1.72. The van der Waals surface area contributed by atoms with E-state index in [4.69, 9.17) is 9.88 Å². The first-order valence-electron chi connectivity index (χ1n) is 8.63. The van der Waals surface area contributed by atoms with Crippen molar-refractivity contribution in [1.29, 1.82) is 0 Å². The van der Waals surface area contributed by atoms with Crippen LogP contribution in [0.2, 0.25) is 0 Å². The van der Waals surface area contributed by atoms with Crippen LogP contribution in [0.4, 0.5) is 0 Å². The summed E-state index contributed by atoms with van der Waals surface area (Å²) in [5, 5.41) is 10.2. The second kappa shape index (κ2) is 8.39. The summed E-state index contributed by atoms with van der Waals surface area (Å²) in [5.74, 6) is -0.0496. The molecule has 1 amide bonds. The van der Waals surface area contributed by atoms with E-state index in [-0.39, 0.29) is 22.4 Å². The van der Waals surface area contributed by atoms with E-state index in [2.05, 4.69) is 21.7 Å². The zero-order valence-electron chi connectivity index (χ0n) is 15.1. The van der Waals surface area contributed by atoms with Gasteiger partial charge in [-0.25, -0.2) is 13.6 Å². The fourth-order valence-corrected chi connectivity index (χ4v) is 4.53. The normalized spacial score (nSPS) is 18.2. The van der Waals surface area contributed by atoms with Gasteiger partial charge in [0, 0.05) is 24.0 Å². The maximum Gasteiger partial charge on any atom is 0.255 e. The van der Waals surface area contributed by atoms with Crippen LogP contribution >= 0.6 is 11.3 Å². The number of methoxy groups -OCH3 is 1. The van der Waals surface area contributed by atoms with Gasteiger partial charge in [0.25, 0.3) is 5.91 Å². The molecule has 1 atom stereocenters. The molecule has 27 heavy (non-hydrogen) atoms. The van der Waals surface area contributed by atoms with Crippen LogP contribution in [0, 0.1) is 0 Å². The average Bonchev–Trinajstić information content (AvgIpc) is 3.13. The maximum atomic E-state index is 12.8. The van der Waals surface area contributed by atoms with E-state index in [1.165, 1.54) is 30.2 Å². The number of nitrogens with zero attached hydrogens (tertiary/aromatic N) is 1. The number of thiophene rings is 1. The van der Waals surface area contributed by atoms with Crippen LogP contribution in [0.1, 0.15) is 28.1 Å². The lowest BCUT2D eigenvalue weighted by Gasteiger charge is -2.33. The molecule has 3 N–H and O–H groups in total. The quantitative estimate of drug-likeness (QED) is 0.757. The van der Waals surface area contributed by atoms with Crippen LogP contribution in [-0.4, -0.2) is 45.5 Å². The zero-order chi connectivity index (χ0) is 19.4. The Bertz CT molecular complexity index is 897. The Morgan fingerprint density at radius 3 is 2.89 bits per heavy atom. The van der Waals surface area contributed by atoms with Gasteiger partial charge in [-0.2, -0.15) is 0 Å². The molecule has 2 aromatic rings. The Labute approximate surface area is 163 Å². The highest BCUT2D eigenvalue weighted by molar-refractivity contribution is 7.89. The Morgan fingerprint density at radius 1 is 1.41 bits per heavy atom. The highest BCUT2D eigenvalue weighted by Gasteiger charge is 2.24. The molecule has 0 saturated carbocycles. The summed E-state index contributed by atoms with van der Waals surface area (Å²) in [4.78, 5) is 16.3. The predicted octanol–water partition coefficient (Wildman–Crippen LogP) is 1.80. The van der Waals surface area contributed by atoms with Crippen molar-refractivity contribution < 1.29 is 17.9 Å². The molecule has 1 aromatic carbocycles. The van der Waals surface area contributed by atoms with E-state index in [1.807, 2.05) is 6.07 Å². The van der Waals surface area contributed by atoms with Gasteiger partial charge in [-0.3, -0.25) is 9.69 Å². The van der Waals surface area contributed by atoms with Gasteiger partial charge in [0.05, 0.1) is 17.6 Å². The molecule has 0 bridgehead atoms. The molecule has 0 spiro atoms. The van der Waals surface area contributed by atoms with Gasteiger partial charge >= 0.3 is 0 Å². The summed E-state index contributed by atoms with van der Waals surface area (Å²) < 4.78 is 28.4. The molecule has 1 aliphatic heterocycles. The second-order valence-electron chi connectivity index (χ2n) is 6.53. The molecular weight excluding hydrogens is 386 g/mol. The summed E-state index contributed by atoms with van der Waals surface area (Å²) in [6.45, 7) is 2.61. The second-order valence-corrected chi connectivity index (χ2v) is 9.13. The van der Waals surface area contributed by atoms with E-state index in [9.17, 15) is 13.2 Å². The summed E-state index contributed by atoms with van der Waals surface area (Å²) in [5.41, 5.74) is 0.166. The van der Waals surface area contributed by atoms with Crippen molar-refractivity contribution in [3.05, 3.63) is 46.2 Å². The van der Waals surface area contributed by atoms with Gasteiger partial charge < -0.3 is 10.1 Å². The maximum absolute atomic E-state index is 12.8. The Hall–Kier alpha value is -1.94. The molecule has 3 rings (SSSR count). The van der Waals surface area contributed by atoms with Crippen molar-refractivity contribution in [3.63, 3.8) is 0 Å². The fourth-order valence-electron chi connectivity index (χ4n) is 3.24. The third-order valence-corrected chi connectivity index (χ3v) is 6.32. The third kappa shape index (κ3) is 5.07. The number of ether oxygens (including phenoxy) is 1. The molecule has 1 aliphatic rings. The van der Waals surface area contributed by atoms with Crippen molar-refractivity contribution in [2.75, 3.05) is 20.2 Å². The number of carbonyl (C=O) groups excluding carboxylic acids is 1. The molecule has 146 valence electrons. The van der Waals surface area contributed by atoms with E-state index >= 15 is 0 Å². The number of carbonyl (C=O) groups is 1. The molecule has 1 aromatic heterocycles. The summed E-state index contributed by atoms with van der Waals surface area (Å²) in [6.07, 6.45) is 1.87. The molecule has 1 saturated heterocycles. The fraction of sp³-hybridized carbons (Fsp3) is 0.389. The molecule has 0 aliphatic carbocycles. The van der Waals surface area contributed by atoms with Crippen LogP contribution in [0.5, 0.6) is 5.75 Å². The van der Waals surface area contributed by atoms with Crippen molar-refractivity contribution in [2.45, 2.75) is 30.3 Å². The number of benzene rings is 1. The lowest BCUT2D eigenvalue weighted by atomic mass is 10.0. The largest absolute Gasteiger partial charge is 0.496 e. The first kappa shape index (κ1) is 19.8. The number of hydrogen-bond donors (Lipinski definition) is 2. The predicted molar refractivity (Wildman–Crippen MR) is 104 cm³/mol. The average molecular weight is 410 g/mol. The Kier molecular flexibility index (Phi) is 6.15. The molecule has 2 heterocycles. The number of amides is 1. The number of hydrogen-bond acceptors (Lipinski definition) is 6. The molecule has 7 nitrogen and oxygen atoms in total. The smallest absolute Gasteiger partial charge is 0.255 e. The summed E-state index contributed by atoms with van der Waals surface area (Å²) in [7, 11) is -2.46.